The summed E-state index contributed by atoms with van der Waals surface area (Å²) >= 11 is 4.75. The van der Waals surface area contributed by atoms with Crippen molar-refractivity contribution in [3.05, 3.63) is 64.4 Å². The third kappa shape index (κ3) is 3.17. The molecule has 5 nitrogen and oxygen atoms in total. The molecule has 0 radical (unpaired) electrons. The minimum atomic E-state index is 0.0532. The van der Waals surface area contributed by atoms with Gasteiger partial charge in [0.05, 0.1) is 11.3 Å². The summed E-state index contributed by atoms with van der Waals surface area (Å²) in [6.07, 6.45) is 0. The Morgan fingerprint density at radius 1 is 1.12 bits per heavy atom. The Balaban J connectivity index is 1.68. The van der Waals surface area contributed by atoms with E-state index in [2.05, 4.69) is 31.0 Å². The van der Waals surface area contributed by atoms with Crippen LogP contribution in [-0.2, 0) is 0 Å². The molecule has 0 aliphatic rings. The molecule has 0 amide bonds. The fourth-order valence-corrected chi connectivity index (χ4v) is 3.68. The maximum Gasteiger partial charge on any atom is 0.192 e. The zero-order valence-corrected chi connectivity index (χ0v) is 15.7. The Kier molecular flexibility index (Phi) is 4.27. The Bertz CT molecular complexity index is 1090. The highest BCUT2D eigenvalue weighted by Crippen LogP contribution is 2.24. The van der Waals surface area contributed by atoms with Gasteiger partial charge in [-0.25, -0.2) is 9.97 Å². The summed E-state index contributed by atoms with van der Waals surface area (Å²) in [5.74, 6) is 1.03. The lowest BCUT2D eigenvalue weighted by atomic mass is 10.2. The largest absolute Gasteiger partial charge is 0.293 e. The minimum absolute atomic E-state index is 0.0532. The highest BCUT2D eigenvalue weighted by molar-refractivity contribution is 9.10. The van der Waals surface area contributed by atoms with Crippen LogP contribution in [0.2, 0.25) is 0 Å². The van der Waals surface area contributed by atoms with E-state index in [0.29, 0.717) is 22.3 Å². The second kappa shape index (κ2) is 6.57. The van der Waals surface area contributed by atoms with E-state index in [-0.39, 0.29) is 5.78 Å². The van der Waals surface area contributed by atoms with Gasteiger partial charge in [-0.2, -0.15) is 4.52 Å². The number of fused-ring (bicyclic) bond motifs is 3. The molecule has 0 spiro atoms. The maximum atomic E-state index is 12.4. The van der Waals surface area contributed by atoms with Crippen LogP contribution in [0.4, 0.5) is 0 Å². The van der Waals surface area contributed by atoms with Crippen molar-refractivity contribution in [1.29, 1.82) is 0 Å². The summed E-state index contributed by atoms with van der Waals surface area (Å²) in [4.78, 5) is 21.6. The van der Waals surface area contributed by atoms with Crippen molar-refractivity contribution >= 4 is 50.0 Å². The molecule has 0 N–H and O–H groups in total. The normalized spacial score (nSPS) is 11.3. The van der Waals surface area contributed by atoms with E-state index >= 15 is 0 Å². The Morgan fingerprint density at radius 3 is 2.68 bits per heavy atom. The molecule has 4 rings (SSSR count). The standard InChI is InChI=1S/C18H13BrN4OS/c1-11-20-17-14-4-2-3-5-15(14)21-18(23(17)22-11)25-10-16(24)12-6-8-13(19)9-7-12/h2-9H,10H2,1H3. The molecule has 0 bridgehead atoms. The summed E-state index contributed by atoms with van der Waals surface area (Å²) in [5.41, 5.74) is 2.30. The number of aromatic nitrogens is 4. The number of carbonyl (C=O) groups excluding carboxylic acids is 1. The summed E-state index contributed by atoms with van der Waals surface area (Å²) in [6, 6.07) is 15.2. The minimum Gasteiger partial charge on any atom is -0.293 e. The number of Topliss-reactive ketones (excluding diaryl/α,β-unsaturated/α-hetero) is 1. The quantitative estimate of drug-likeness (QED) is 0.283. The second-order valence-corrected chi connectivity index (χ2v) is 7.38. The topological polar surface area (TPSA) is 60.2 Å². The molecule has 0 fully saturated rings. The van der Waals surface area contributed by atoms with Gasteiger partial charge in [-0.15, -0.1) is 5.10 Å². The fourth-order valence-electron chi connectivity index (χ4n) is 2.58. The highest BCUT2D eigenvalue weighted by Gasteiger charge is 2.14. The van der Waals surface area contributed by atoms with Gasteiger partial charge in [0.25, 0.3) is 0 Å². The van der Waals surface area contributed by atoms with Crippen molar-refractivity contribution in [2.24, 2.45) is 0 Å². The molecule has 0 aliphatic carbocycles. The van der Waals surface area contributed by atoms with Crippen LogP contribution >= 0.6 is 27.7 Å². The van der Waals surface area contributed by atoms with Crippen molar-refractivity contribution in [2.45, 2.75) is 12.1 Å². The first kappa shape index (κ1) is 16.2. The van der Waals surface area contributed by atoms with Gasteiger partial charge in [0, 0.05) is 15.4 Å². The van der Waals surface area contributed by atoms with Gasteiger partial charge < -0.3 is 0 Å². The molecule has 0 saturated carbocycles. The molecule has 2 aromatic carbocycles. The van der Waals surface area contributed by atoms with E-state index in [9.17, 15) is 4.79 Å². The number of rotatable bonds is 4. The summed E-state index contributed by atoms with van der Waals surface area (Å²) < 4.78 is 2.67. The third-order valence-electron chi connectivity index (χ3n) is 3.75. The van der Waals surface area contributed by atoms with Crippen LogP contribution in [0.25, 0.3) is 16.6 Å². The molecule has 0 atom stereocenters. The lowest BCUT2D eigenvalue weighted by molar-refractivity contribution is 0.102. The van der Waals surface area contributed by atoms with E-state index in [0.717, 1.165) is 21.0 Å². The Hall–Kier alpha value is -2.25. The van der Waals surface area contributed by atoms with Gasteiger partial charge in [-0.05, 0) is 31.2 Å². The first-order valence-electron chi connectivity index (χ1n) is 7.65. The lowest BCUT2D eigenvalue weighted by Gasteiger charge is -2.06. The summed E-state index contributed by atoms with van der Waals surface area (Å²) in [7, 11) is 0. The molecule has 0 saturated heterocycles. The van der Waals surface area contributed by atoms with Gasteiger partial charge in [-0.1, -0.05) is 52.0 Å². The van der Waals surface area contributed by atoms with Crippen molar-refractivity contribution in [2.75, 3.05) is 5.75 Å². The molecule has 0 aliphatic heterocycles. The zero-order chi connectivity index (χ0) is 17.4. The monoisotopic (exact) mass is 412 g/mol. The number of nitrogens with zero attached hydrogens (tertiary/aromatic N) is 4. The Morgan fingerprint density at radius 2 is 1.88 bits per heavy atom. The first-order chi connectivity index (χ1) is 12.1. The van der Waals surface area contributed by atoms with E-state index in [4.69, 9.17) is 0 Å². The maximum absolute atomic E-state index is 12.4. The number of carbonyl (C=O) groups is 1. The molecule has 4 aromatic rings. The van der Waals surface area contributed by atoms with Crippen LogP contribution in [0.1, 0.15) is 16.2 Å². The molecule has 25 heavy (non-hydrogen) atoms. The summed E-state index contributed by atoms with van der Waals surface area (Å²) in [6.45, 7) is 1.85. The fraction of sp³-hybridized carbons (Fsp3) is 0.111. The highest BCUT2D eigenvalue weighted by atomic mass is 79.9. The summed E-state index contributed by atoms with van der Waals surface area (Å²) in [5, 5.41) is 6.05. The van der Waals surface area contributed by atoms with E-state index in [1.165, 1.54) is 11.8 Å². The molecule has 2 heterocycles. The number of halogens is 1. The molecular formula is C18H13BrN4OS. The van der Waals surface area contributed by atoms with Crippen LogP contribution in [0.5, 0.6) is 0 Å². The molecule has 7 heteroatoms. The van der Waals surface area contributed by atoms with E-state index in [1.807, 2.05) is 55.5 Å². The number of benzene rings is 2. The number of thioether (sulfide) groups is 1. The third-order valence-corrected chi connectivity index (χ3v) is 5.21. The number of para-hydroxylation sites is 1. The van der Waals surface area contributed by atoms with Gasteiger partial charge >= 0.3 is 0 Å². The van der Waals surface area contributed by atoms with Gasteiger partial charge in [-0.3, -0.25) is 4.79 Å². The Labute approximate surface area is 156 Å². The van der Waals surface area contributed by atoms with Crippen LogP contribution in [0.3, 0.4) is 0 Å². The van der Waals surface area contributed by atoms with Crippen molar-refractivity contribution in [3.63, 3.8) is 0 Å². The number of aryl methyl sites for hydroxylation is 1. The van der Waals surface area contributed by atoms with Gasteiger partial charge in [0.15, 0.2) is 16.6 Å². The molecular weight excluding hydrogens is 400 g/mol. The molecule has 124 valence electrons. The molecule has 0 unspecified atom stereocenters. The van der Waals surface area contributed by atoms with E-state index < -0.39 is 0 Å². The van der Waals surface area contributed by atoms with Crippen LogP contribution in [-0.4, -0.2) is 31.1 Å². The second-order valence-electron chi connectivity index (χ2n) is 5.52. The molecule has 2 aromatic heterocycles. The van der Waals surface area contributed by atoms with Crippen LogP contribution in [0, 0.1) is 6.92 Å². The number of hydrogen-bond acceptors (Lipinski definition) is 5. The predicted octanol–water partition coefficient (Wildman–Crippen LogP) is 4.32. The number of hydrogen-bond donors (Lipinski definition) is 0. The van der Waals surface area contributed by atoms with Crippen molar-refractivity contribution in [1.82, 2.24) is 19.6 Å². The van der Waals surface area contributed by atoms with Crippen molar-refractivity contribution < 1.29 is 4.79 Å². The lowest BCUT2D eigenvalue weighted by Crippen LogP contribution is -2.05. The zero-order valence-electron chi connectivity index (χ0n) is 13.3. The van der Waals surface area contributed by atoms with Crippen LogP contribution in [0.15, 0.2) is 58.2 Å². The average molecular weight is 413 g/mol. The predicted molar refractivity (Wildman–Crippen MR) is 102 cm³/mol. The van der Waals surface area contributed by atoms with Gasteiger partial charge in [0.1, 0.15) is 5.82 Å². The van der Waals surface area contributed by atoms with Crippen LogP contribution < -0.4 is 0 Å². The first-order valence-corrected chi connectivity index (χ1v) is 9.43. The number of ketones is 1. The smallest absolute Gasteiger partial charge is 0.192 e. The average Bonchev–Trinajstić information content (AvgIpc) is 3.02. The van der Waals surface area contributed by atoms with E-state index in [1.54, 1.807) is 4.52 Å². The SMILES string of the molecule is Cc1nc2c3ccccc3nc(SCC(=O)c3ccc(Br)cc3)n2n1. The van der Waals surface area contributed by atoms with Gasteiger partial charge in [0.2, 0.25) is 0 Å². The van der Waals surface area contributed by atoms with Crippen molar-refractivity contribution in [3.8, 4) is 0 Å².